The average molecular weight is 170 g/mol. The van der Waals surface area contributed by atoms with Gasteiger partial charge in [-0.1, -0.05) is 0 Å². The van der Waals surface area contributed by atoms with E-state index in [1.54, 1.807) is 7.11 Å². The number of methoxy groups -OCH3 is 1. The largest absolute Gasteiger partial charge is 0.478 e. The smallest absolute Gasteiger partial charge is 0.338 e. The maximum absolute atomic E-state index is 10.4. The first-order valence-corrected chi connectivity index (χ1v) is 3.48. The molecule has 0 saturated carbocycles. The molecule has 0 amide bonds. The van der Waals surface area contributed by atoms with Gasteiger partial charge in [-0.15, -0.1) is 0 Å². The number of rotatable bonds is 4. The van der Waals surface area contributed by atoms with Crippen LogP contribution in [-0.2, 0) is 11.3 Å². The minimum absolute atomic E-state index is 0.200. The zero-order valence-corrected chi connectivity index (χ0v) is 6.73. The van der Waals surface area contributed by atoms with Gasteiger partial charge in [-0.3, -0.25) is 4.68 Å². The molecule has 0 bridgehead atoms. The van der Waals surface area contributed by atoms with E-state index in [2.05, 4.69) is 5.10 Å². The van der Waals surface area contributed by atoms with Crippen molar-refractivity contribution in [2.75, 3.05) is 13.7 Å². The van der Waals surface area contributed by atoms with Gasteiger partial charge in [-0.25, -0.2) is 4.79 Å². The van der Waals surface area contributed by atoms with Crippen LogP contribution in [0, 0.1) is 0 Å². The van der Waals surface area contributed by atoms with Crippen molar-refractivity contribution in [1.29, 1.82) is 0 Å². The van der Waals surface area contributed by atoms with Gasteiger partial charge in [0.15, 0.2) is 0 Å². The van der Waals surface area contributed by atoms with E-state index in [-0.39, 0.29) is 5.56 Å². The molecule has 12 heavy (non-hydrogen) atoms. The first-order chi connectivity index (χ1) is 5.74. The van der Waals surface area contributed by atoms with Crippen LogP contribution in [-0.4, -0.2) is 34.6 Å². The Hall–Kier alpha value is -1.36. The average Bonchev–Trinajstić information content (AvgIpc) is 2.48. The summed E-state index contributed by atoms with van der Waals surface area (Å²) in [5, 5.41) is 12.4. The van der Waals surface area contributed by atoms with Crippen LogP contribution < -0.4 is 0 Å². The predicted molar refractivity (Wildman–Crippen MR) is 41.1 cm³/mol. The van der Waals surface area contributed by atoms with Gasteiger partial charge < -0.3 is 9.84 Å². The van der Waals surface area contributed by atoms with Crippen molar-refractivity contribution >= 4 is 5.97 Å². The minimum Gasteiger partial charge on any atom is -0.478 e. The van der Waals surface area contributed by atoms with Crippen LogP contribution in [0.15, 0.2) is 12.4 Å². The minimum atomic E-state index is -0.960. The Kier molecular flexibility index (Phi) is 2.82. The number of carbonyl (C=O) groups is 1. The maximum atomic E-state index is 10.4. The van der Waals surface area contributed by atoms with Crippen LogP contribution in [0.5, 0.6) is 0 Å². The molecule has 0 aromatic carbocycles. The molecule has 1 aromatic rings. The van der Waals surface area contributed by atoms with E-state index < -0.39 is 5.97 Å². The Morgan fingerprint density at radius 2 is 2.58 bits per heavy atom. The lowest BCUT2D eigenvalue weighted by Crippen LogP contribution is -2.04. The van der Waals surface area contributed by atoms with Crippen molar-refractivity contribution in [1.82, 2.24) is 9.78 Å². The standard InChI is InChI=1S/C7H10N2O3/c1-12-3-2-9-5-6(4-8-9)7(10)11/h4-5H,2-3H2,1H3,(H,10,11). The fourth-order valence-electron chi connectivity index (χ4n) is 0.781. The molecule has 5 nitrogen and oxygen atoms in total. The Balaban J connectivity index is 2.58. The van der Waals surface area contributed by atoms with Crippen LogP contribution in [0.25, 0.3) is 0 Å². The van der Waals surface area contributed by atoms with Crippen molar-refractivity contribution in [2.45, 2.75) is 6.54 Å². The SMILES string of the molecule is COCCn1cc(C(=O)O)cn1. The topological polar surface area (TPSA) is 64.3 Å². The number of ether oxygens (including phenoxy) is 1. The molecule has 0 aliphatic rings. The molecule has 0 atom stereocenters. The number of aromatic nitrogens is 2. The van der Waals surface area contributed by atoms with Gasteiger partial charge in [0.25, 0.3) is 0 Å². The quantitative estimate of drug-likeness (QED) is 0.702. The van der Waals surface area contributed by atoms with Gasteiger partial charge >= 0.3 is 5.97 Å². The first-order valence-electron chi connectivity index (χ1n) is 3.48. The zero-order valence-electron chi connectivity index (χ0n) is 6.73. The number of carboxylic acids is 1. The molecule has 5 heteroatoms. The van der Waals surface area contributed by atoms with Crippen molar-refractivity contribution < 1.29 is 14.6 Å². The summed E-state index contributed by atoms with van der Waals surface area (Å²) in [5.41, 5.74) is 0.200. The highest BCUT2D eigenvalue weighted by Crippen LogP contribution is 1.96. The van der Waals surface area contributed by atoms with Crippen LogP contribution in [0.2, 0.25) is 0 Å². The summed E-state index contributed by atoms with van der Waals surface area (Å²) >= 11 is 0. The summed E-state index contributed by atoms with van der Waals surface area (Å²) in [4.78, 5) is 10.4. The normalized spacial score (nSPS) is 10.1. The fraction of sp³-hybridized carbons (Fsp3) is 0.429. The molecule has 0 aliphatic heterocycles. The number of hydrogen-bond donors (Lipinski definition) is 1. The van der Waals surface area contributed by atoms with Gasteiger partial charge in [0.1, 0.15) is 0 Å². The zero-order chi connectivity index (χ0) is 8.97. The van der Waals surface area contributed by atoms with Crippen molar-refractivity contribution in [2.24, 2.45) is 0 Å². The van der Waals surface area contributed by atoms with Gasteiger partial charge in [0, 0.05) is 13.3 Å². The van der Waals surface area contributed by atoms with Crippen LogP contribution in [0.1, 0.15) is 10.4 Å². The predicted octanol–water partition coefficient (Wildman–Crippen LogP) is 0.228. The second-order valence-corrected chi connectivity index (χ2v) is 2.29. The molecule has 0 spiro atoms. The highest BCUT2D eigenvalue weighted by molar-refractivity contribution is 5.86. The molecule has 66 valence electrons. The molecule has 1 heterocycles. The Bertz CT molecular complexity index is 269. The van der Waals surface area contributed by atoms with Gasteiger partial charge in [0.2, 0.25) is 0 Å². The lowest BCUT2D eigenvalue weighted by molar-refractivity contribution is 0.0696. The van der Waals surface area contributed by atoms with Crippen LogP contribution >= 0.6 is 0 Å². The Labute approximate surface area is 69.6 Å². The summed E-state index contributed by atoms with van der Waals surface area (Å²) < 4.78 is 6.34. The van der Waals surface area contributed by atoms with Gasteiger partial charge in [0.05, 0.1) is 24.9 Å². The number of carboxylic acid groups (broad SMARTS) is 1. The number of nitrogens with zero attached hydrogens (tertiary/aromatic N) is 2. The third-order valence-electron chi connectivity index (χ3n) is 1.40. The first kappa shape index (κ1) is 8.73. The summed E-state index contributed by atoms with van der Waals surface area (Å²) in [6, 6.07) is 0. The Morgan fingerprint density at radius 3 is 3.08 bits per heavy atom. The van der Waals surface area contributed by atoms with Crippen LogP contribution in [0.3, 0.4) is 0 Å². The number of aromatic carboxylic acids is 1. The van der Waals surface area contributed by atoms with E-state index in [4.69, 9.17) is 9.84 Å². The highest BCUT2D eigenvalue weighted by Gasteiger charge is 2.04. The number of hydrogen-bond acceptors (Lipinski definition) is 3. The van der Waals surface area contributed by atoms with Gasteiger partial charge in [-0.05, 0) is 0 Å². The van der Waals surface area contributed by atoms with E-state index in [9.17, 15) is 4.79 Å². The highest BCUT2D eigenvalue weighted by atomic mass is 16.5. The molecular formula is C7H10N2O3. The Morgan fingerprint density at radius 1 is 1.83 bits per heavy atom. The molecule has 1 aromatic heterocycles. The third kappa shape index (κ3) is 2.06. The summed E-state index contributed by atoms with van der Waals surface area (Å²) in [6.07, 6.45) is 2.79. The molecule has 0 radical (unpaired) electrons. The van der Waals surface area contributed by atoms with Crippen molar-refractivity contribution in [3.05, 3.63) is 18.0 Å². The molecule has 0 fully saturated rings. The van der Waals surface area contributed by atoms with E-state index in [1.165, 1.54) is 17.1 Å². The lowest BCUT2D eigenvalue weighted by atomic mass is 10.4. The summed E-state index contributed by atoms with van der Waals surface area (Å²) in [6.45, 7) is 1.10. The van der Waals surface area contributed by atoms with Crippen molar-refractivity contribution in [3.63, 3.8) is 0 Å². The second-order valence-electron chi connectivity index (χ2n) is 2.29. The molecule has 0 saturated heterocycles. The molecule has 1 rings (SSSR count). The third-order valence-corrected chi connectivity index (χ3v) is 1.40. The second kappa shape index (κ2) is 3.87. The maximum Gasteiger partial charge on any atom is 0.338 e. The monoisotopic (exact) mass is 170 g/mol. The molecule has 0 aliphatic carbocycles. The molecule has 1 N–H and O–H groups in total. The van der Waals surface area contributed by atoms with E-state index in [1.807, 2.05) is 0 Å². The van der Waals surface area contributed by atoms with E-state index in [0.717, 1.165) is 0 Å². The summed E-state index contributed by atoms with van der Waals surface area (Å²) in [7, 11) is 1.58. The molecule has 0 unspecified atom stereocenters. The van der Waals surface area contributed by atoms with Crippen molar-refractivity contribution in [3.8, 4) is 0 Å². The lowest BCUT2D eigenvalue weighted by Gasteiger charge is -1.97. The fourth-order valence-corrected chi connectivity index (χ4v) is 0.781. The van der Waals surface area contributed by atoms with E-state index >= 15 is 0 Å². The van der Waals surface area contributed by atoms with Crippen LogP contribution in [0.4, 0.5) is 0 Å². The molecular weight excluding hydrogens is 160 g/mol. The van der Waals surface area contributed by atoms with Gasteiger partial charge in [-0.2, -0.15) is 5.10 Å². The summed E-state index contributed by atoms with van der Waals surface area (Å²) in [5.74, 6) is -0.960. The van der Waals surface area contributed by atoms with E-state index in [0.29, 0.717) is 13.2 Å².